The number of fused-ring (bicyclic) bond motifs is 1. The Kier molecular flexibility index (Phi) is 2.28. The Balaban J connectivity index is 2.57. The van der Waals surface area contributed by atoms with Crippen molar-refractivity contribution < 1.29 is 15.0 Å². The molecule has 0 aliphatic heterocycles. The largest absolute Gasteiger partial charge is 0.508 e. The van der Waals surface area contributed by atoms with Gasteiger partial charge in [-0.05, 0) is 24.3 Å². The van der Waals surface area contributed by atoms with Crippen LogP contribution >= 0.6 is 0 Å². The van der Waals surface area contributed by atoms with Crippen molar-refractivity contribution in [2.45, 2.75) is 0 Å². The molecule has 1 aromatic carbocycles. The second kappa shape index (κ2) is 3.62. The molecule has 1 aromatic heterocycles. The van der Waals surface area contributed by atoms with Crippen molar-refractivity contribution >= 4 is 22.9 Å². The number of nitrogens with two attached hydrogens (primary N) is 1. The second-order valence-corrected chi connectivity index (χ2v) is 3.38. The minimum Gasteiger partial charge on any atom is -0.508 e. The van der Waals surface area contributed by atoms with Gasteiger partial charge in [-0.15, -0.1) is 0 Å². The van der Waals surface area contributed by atoms with Gasteiger partial charge in [-0.3, -0.25) is 0 Å². The van der Waals surface area contributed by atoms with Crippen molar-refractivity contribution in [3.63, 3.8) is 0 Å². The molecular weight excluding hydrogens is 208 g/mol. The first kappa shape index (κ1) is 10.1. The average Bonchev–Trinajstić information content (AvgIpc) is 2.61. The summed E-state index contributed by atoms with van der Waals surface area (Å²) in [7, 11) is 0. The smallest absolute Gasteiger partial charge is 0.351 e. The van der Waals surface area contributed by atoms with E-state index >= 15 is 0 Å². The Morgan fingerprint density at radius 2 is 2.19 bits per heavy atom. The fourth-order valence-electron chi connectivity index (χ4n) is 1.48. The number of nitrogens with one attached hydrogen (secondary N) is 1. The van der Waals surface area contributed by atoms with Crippen LogP contribution in [0.2, 0.25) is 0 Å². The lowest BCUT2D eigenvalue weighted by molar-refractivity contribution is -0.132. The molecular formula is C11H10N2O3. The minimum atomic E-state index is -1.17. The number of aromatic nitrogens is 1. The molecule has 1 heterocycles. The van der Waals surface area contributed by atoms with Gasteiger partial charge in [0.05, 0.1) is 0 Å². The highest BCUT2D eigenvalue weighted by atomic mass is 16.4. The molecule has 0 fully saturated rings. The van der Waals surface area contributed by atoms with Crippen LogP contribution in [0.25, 0.3) is 17.0 Å². The molecule has 82 valence electrons. The molecule has 0 aliphatic carbocycles. The zero-order valence-corrected chi connectivity index (χ0v) is 8.27. The van der Waals surface area contributed by atoms with Crippen molar-refractivity contribution in [1.29, 1.82) is 0 Å². The van der Waals surface area contributed by atoms with Crippen LogP contribution in [0.4, 0.5) is 0 Å². The molecule has 2 rings (SSSR count). The van der Waals surface area contributed by atoms with Gasteiger partial charge in [-0.1, -0.05) is 0 Å². The third kappa shape index (κ3) is 1.70. The van der Waals surface area contributed by atoms with Gasteiger partial charge in [0, 0.05) is 22.7 Å². The zero-order valence-electron chi connectivity index (χ0n) is 8.27. The highest BCUT2D eigenvalue weighted by molar-refractivity contribution is 5.96. The maximum atomic E-state index is 10.6. The van der Waals surface area contributed by atoms with E-state index in [0.29, 0.717) is 5.56 Å². The van der Waals surface area contributed by atoms with Gasteiger partial charge in [0.15, 0.2) is 0 Å². The highest BCUT2D eigenvalue weighted by Crippen LogP contribution is 2.24. The number of benzene rings is 1. The number of hydrogen-bond donors (Lipinski definition) is 4. The van der Waals surface area contributed by atoms with Gasteiger partial charge in [0.2, 0.25) is 0 Å². The number of carbonyl (C=O) groups is 1. The van der Waals surface area contributed by atoms with Crippen molar-refractivity contribution in [2.75, 3.05) is 0 Å². The lowest BCUT2D eigenvalue weighted by Gasteiger charge is -1.95. The molecule has 16 heavy (non-hydrogen) atoms. The summed E-state index contributed by atoms with van der Waals surface area (Å²) >= 11 is 0. The van der Waals surface area contributed by atoms with Crippen LogP contribution in [0.1, 0.15) is 5.56 Å². The topological polar surface area (TPSA) is 99.3 Å². The average molecular weight is 218 g/mol. The normalized spacial score (nSPS) is 11.9. The standard InChI is InChI=1S/C11H10N2O3/c12-9(11(15)16)3-6-5-13-10-2-1-7(14)4-8(6)10/h1-5,13-14H,12H2,(H,15,16). The predicted molar refractivity (Wildman–Crippen MR) is 59.8 cm³/mol. The maximum absolute atomic E-state index is 10.6. The Morgan fingerprint density at radius 3 is 2.88 bits per heavy atom. The van der Waals surface area contributed by atoms with Crippen LogP contribution in [0.15, 0.2) is 30.1 Å². The number of carboxylic acids is 1. The lowest BCUT2D eigenvalue weighted by atomic mass is 10.1. The molecule has 2 aromatic rings. The Bertz CT molecular complexity index is 584. The molecule has 5 nitrogen and oxygen atoms in total. The Hall–Kier alpha value is -2.43. The van der Waals surface area contributed by atoms with Gasteiger partial charge in [-0.2, -0.15) is 0 Å². The SMILES string of the molecule is NC(=Cc1c[nH]c2ccc(O)cc12)C(=O)O. The first-order chi connectivity index (χ1) is 7.58. The quantitative estimate of drug-likeness (QED) is 0.570. The van der Waals surface area contributed by atoms with Gasteiger partial charge >= 0.3 is 5.97 Å². The van der Waals surface area contributed by atoms with Gasteiger partial charge in [-0.25, -0.2) is 4.79 Å². The number of phenolic OH excluding ortho intramolecular Hbond substituents is 1. The lowest BCUT2D eigenvalue weighted by Crippen LogP contribution is -2.09. The number of aliphatic carboxylic acids is 1. The van der Waals surface area contributed by atoms with E-state index in [-0.39, 0.29) is 11.4 Å². The number of hydrogen-bond acceptors (Lipinski definition) is 3. The molecule has 0 amide bonds. The van der Waals surface area contributed by atoms with Crippen LogP contribution in [0.3, 0.4) is 0 Å². The molecule has 0 saturated carbocycles. The highest BCUT2D eigenvalue weighted by Gasteiger charge is 2.06. The molecule has 0 spiro atoms. The van der Waals surface area contributed by atoms with Crippen molar-refractivity contribution in [3.8, 4) is 5.75 Å². The number of phenols is 1. The fourth-order valence-corrected chi connectivity index (χ4v) is 1.48. The molecule has 0 atom stereocenters. The molecule has 0 saturated heterocycles. The monoisotopic (exact) mass is 218 g/mol. The van der Waals surface area contributed by atoms with Crippen molar-refractivity contribution in [1.82, 2.24) is 4.98 Å². The van der Waals surface area contributed by atoms with Gasteiger partial charge in [0.1, 0.15) is 11.4 Å². The third-order valence-electron chi connectivity index (χ3n) is 2.26. The summed E-state index contributed by atoms with van der Waals surface area (Å²) in [6.07, 6.45) is 2.99. The first-order valence-corrected chi connectivity index (χ1v) is 4.58. The molecule has 0 bridgehead atoms. The van der Waals surface area contributed by atoms with Crippen molar-refractivity contribution in [2.24, 2.45) is 5.73 Å². The van der Waals surface area contributed by atoms with Crippen LogP contribution in [-0.2, 0) is 4.79 Å². The molecule has 0 unspecified atom stereocenters. The van der Waals surface area contributed by atoms with Gasteiger partial charge < -0.3 is 20.9 Å². The summed E-state index contributed by atoms with van der Waals surface area (Å²) < 4.78 is 0. The zero-order chi connectivity index (χ0) is 11.7. The van der Waals surface area contributed by atoms with Gasteiger partial charge in [0.25, 0.3) is 0 Å². The minimum absolute atomic E-state index is 0.121. The Morgan fingerprint density at radius 1 is 1.44 bits per heavy atom. The number of H-pyrrole nitrogens is 1. The number of aromatic amines is 1. The summed E-state index contributed by atoms with van der Waals surface area (Å²) in [5.41, 5.74) is 6.51. The van der Waals surface area contributed by atoms with E-state index < -0.39 is 5.97 Å². The molecule has 5 heteroatoms. The summed E-state index contributed by atoms with van der Waals surface area (Å²) in [5.74, 6) is -1.05. The third-order valence-corrected chi connectivity index (χ3v) is 2.26. The fraction of sp³-hybridized carbons (Fsp3) is 0. The molecule has 0 radical (unpaired) electrons. The molecule has 5 N–H and O–H groups in total. The van der Waals surface area contributed by atoms with E-state index in [1.54, 1.807) is 24.4 Å². The summed E-state index contributed by atoms with van der Waals surface area (Å²) in [6.45, 7) is 0. The number of aromatic hydroxyl groups is 1. The van der Waals surface area contributed by atoms with Crippen LogP contribution in [0, 0.1) is 0 Å². The van der Waals surface area contributed by atoms with E-state index in [9.17, 15) is 9.90 Å². The van der Waals surface area contributed by atoms with Crippen molar-refractivity contribution in [3.05, 3.63) is 35.7 Å². The van der Waals surface area contributed by atoms with E-state index in [1.807, 2.05) is 0 Å². The van der Waals surface area contributed by atoms with E-state index in [0.717, 1.165) is 10.9 Å². The summed E-state index contributed by atoms with van der Waals surface area (Å²) in [6, 6.07) is 4.80. The maximum Gasteiger partial charge on any atom is 0.351 e. The first-order valence-electron chi connectivity index (χ1n) is 4.58. The predicted octanol–water partition coefficient (Wildman–Crippen LogP) is 1.26. The van der Waals surface area contributed by atoms with Crippen LogP contribution in [-0.4, -0.2) is 21.2 Å². The summed E-state index contributed by atoms with van der Waals surface area (Å²) in [4.78, 5) is 13.5. The molecule has 0 aliphatic rings. The van der Waals surface area contributed by atoms with Crippen LogP contribution in [0.5, 0.6) is 5.75 Å². The second-order valence-electron chi connectivity index (χ2n) is 3.38. The number of carboxylic acid groups (broad SMARTS) is 1. The van der Waals surface area contributed by atoms with E-state index in [1.165, 1.54) is 6.08 Å². The number of rotatable bonds is 2. The van der Waals surface area contributed by atoms with Crippen LogP contribution < -0.4 is 5.73 Å². The Labute approximate surface area is 90.8 Å². The van der Waals surface area contributed by atoms with E-state index in [2.05, 4.69) is 4.98 Å². The van der Waals surface area contributed by atoms with E-state index in [4.69, 9.17) is 10.8 Å². The summed E-state index contributed by atoms with van der Waals surface area (Å²) in [5, 5.41) is 18.7.